The Hall–Kier alpha value is -2.50. The van der Waals surface area contributed by atoms with Gasteiger partial charge in [-0.05, 0) is 64.1 Å². The molecule has 1 aromatic heterocycles. The minimum absolute atomic E-state index is 0.274. The van der Waals surface area contributed by atoms with Gasteiger partial charge in [-0.1, -0.05) is 24.3 Å². The number of aryl methyl sites for hydroxylation is 1. The molecule has 0 aliphatic rings. The third-order valence-electron chi connectivity index (χ3n) is 4.70. The van der Waals surface area contributed by atoms with E-state index in [9.17, 15) is 9.50 Å². The highest BCUT2D eigenvalue weighted by Crippen LogP contribution is 2.26. The fourth-order valence-corrected chi connectivity index (χ4v) is 3.14. The van der Waals surface area contributed by atoms with Crippen LogP contribution in [0.5, 0.6) is 0 Å². The van der Waals surface area contributed by atoms with E-state index in [1.54, 1.807) is 6.07 Å². The molecule has 0 saturated carbocycles. The molecule has 0 saturated heterocycles. The topological polar surface area (TPSA) is 41.3 Å². The minimum Gasteiger partial charge on any atom is -0.390 e. The SMILES string of the molecule is Cc1cccc(-n2cc(CN(C)CCC(C)(C)O)c(-c3cccc(F)c3)n2)c1. The predicted octanol–water partition coefficient (Wildman–Crippen LogP) is 4.58. The summed E-state index contributed by atoms with van der Waals surface area (Å²) in [7, 11) is 2.02. The van der Waals surface area contributed by atoms with Gasteiger partial charge in [0.1, 0.15) is 5.82 Å². The Balaban J connectivity index is 1.94. The van der Waals surface area contributed by atoms with Crippen molar-refractivity contribution in [2.24, 2.45) is 0 Å². The van der Waals surface area contributed by atoms with Gasteiger partial charge in [-0.15, -0.1) is 0 Å². The molecule has 0 aliphatic heterocycles. The second-order valence-corrected chi connectivity index (χ2v) is 8.10. The summed E-state index contributed by atoms with van der Waals surface area (Å²) in [6.45, 7) is 7.09. The lowest BCUT2D eigenvalue weighted by molar-refractivity contribution is 0.0600. The van der Waals surface area contributed by atoms with E-state index < -0.39 is 5.60 Å². The van der Waals surface area contributed by atoms with Crippen LogP contribution >= 0.6 is 0 Å². The Morgan fingerprint density at radius 2 is 1.89 bits per heavy atom. The van der Waals surface area contributed by atoms with Gasteiger partial charge in [0, 0.05) is 30.4 Å². The van der Waals surface area contributed by atoms with Crippen LogP contribution in [0.4, 0.5) is 4.39 Å². The third kappa shape index (κ3) is 5.27. The molecule has 2 aromatic carbocycles. The maximum absolute atomic E-state index is 13.8. The van der Waals surface area contributed by atoms with E-state index in [0.717, 1.165) is 34.6 Å². The van der Waals surface area contributed by atoms with Crippen LogP contribution in [0.15, 0.2) is 54.7 Å². The lowest BCUT2D eigenvalue weighted by Crippen LogP contribution is -2.28. The van der Waals surface area contributed by atoms with E-state index in [-0.39, 0.29) is 5.82 Å². The molecule has 4 nitrogen and oxygen atoms in total. The van der Waals surface area contributed by atoms with Crippen molar-refractivity contribution in [3.8, 4) is 16.9 Å². The summed E-state index contributed by atoms with van der Waals surface area (Å²) in [6.07, 6.45) is 2.68. The van der Waals surface area contributed by atoms with Crippen LogP contribution in [0.1, 0.15) is 31.4 Å². The van der Waals surface area contributed by atoms with Gasteiger partial charge in [0.25, 0.3) is 0 Å². The number of aromatic nitrogens is 2. The Morgan fingerprint density at radius 1 is 1.14 bits per heavy atom. The molecule has 0 unspecified atom stereocenters. The molecule has 0 radical (unpaired) electrons. The molecule has 3 rings (SSSR count). The van der Waals surface area contributed by atoms with Gasteiger partial charge < -0.3 is 10.0 Å². The average Bonchev–Trinajstić information content (AvgIpc) is 3.03. The van der Waals surface area contributed by atoms with E-state index in [1.165, 1.54) is 12.1 Å². The van der Waals surface area contributed by atoms with E-state index in [0.29, 0.717) is 13.0 Å². The highest BCUT2D eigenvalue weighted by Gasteiger charge is 2.17. The van der Waals surface area contributed by atoms with Gasteiger partial charge in [0.15, 0.2) is 0 Å². The van der Waals surface area contributed by atoms with Gasteiger partial charge >= 0.3 is 0 Å². The summed E-state index contributed by atoms with van der Waals surface area (Å²) >= 11 is 0. The molecule has 0 fully saturated rings. The quantitative estimate of drug-likeness (QED) is 0.651. The lowest BCUT2D eigenvalue weighted by Gasteiger charge is -2.22. The predicted molar refractivity (Wildman–Crippen MR) is 111 cm³/mol. The number of halogens is 1. The summed E-state index contributed by atoms with van der Waals surface area (Å²) in [5.74, 6) is -0.274. The first-order valence-electron chi connectivity index (χ1n) is 9.54. The maximum Gasteiger partial charge on any atom is 0.123 e. The Kier molecular flexibility index (Phi) is 5.96. The first-order chi connectivity index (χ1) is 13.2. The van der Waals surface area contributed by atoms with E-state index in [2.05, 4.69) is 11.0 Å². The second-order valence-electron chi connectivity index (χ2n) is 8.10. The molecular weight excluding hydrogens is 353 g/mol. The maximum atomic E-state index is 13.8. The summed E-state index contributed by atoms with van der Waals surface area (Å²) < 4.78 is 15.7. The molecule has 1 N–H and O–H groups in total. The summed E-state index contributed by atoms with van der Waals surface area (Å²) in [5, 5.41) is 14.8. The molecule has 148 valence electrons. The fourth-order valence-electron chi connectivity index (χ4n) is 3.14. The Bertz CT molecular complexity index is 943. The second kappa shape index (κ2) is 8.25. The highest BCUT2D eigenvalue weighted by atomic mass is 19.1. The van der Waals surface area contributed by atoms with E-state index in [4.69, 9.17) is 5.10 Å². The first-order valence-corrected chi connectivity index (χ1v) is 9.54. The van der Waals surface area contributed by atoms with Gasteiger partial charge in [-0.2, -0.15) is 5.10 Å². The Labute approximate surface area is 166 Å². The van der Waals surface area contributed by atoms with Crippen molar-refractivity contribution >= 4 is 0 Å². The van der Waals surface area contributed by atoms with Crippen LogP contribution in [-0.2, 0) is 6.54 Å². The van der Waals surface area contributed by atoms with Crippen LogP contribution < -0.4 is 0 Å². The van der Waals surface area contributed by atoms with Crippen molar-refractivity contribution in [1.82, 2.24) is 14.7 Å². The average molecular weight is 381 g/mol. The zero-order valence-electron chi connectivity index (χ0n) is 17.0. The monoisotopic (exact) mass is 381 g/mol. The van der Waals surface area contributed by atoms with Crippen molar-refractivity contribution in [3.05, 3.63) is 71.7 Å². The molecule has 0 bridgehead atoms. The molecule has 0 spiro atoms. The number of nitrogens with zero attached hydrogens (tertiary/aromatic N) is 3. The van der Waals surface area contributed by atoms with Crippen molar-refractivity contribution in [2.75, 3.05) is 13.6 Å². The van der Waals surface area contributed by atoms with Crippen molar-refractivity contribution < 1.29 is 9.50 Å². The van der Waals surface area contributed by atoms with Crippen LogP contribution in [0.3, 0.4) is 0 Å². The number of aliphatic hydroxyl groups is 1. The van der Waals surface area contributed by atoms with Crippen LogP contribution in [0.25, 0.3) is 16.9 Å². The van der Waals surface area contributed by atoms with E-state index in [1.807, 2.05) is 63.0 Å². The molecule has 0 amide bonds. The summed E-state index contributed by atoms with van der Waals surface area (Å²) in [5.41, 5.74) is 3.98. The lowest BCUT2D eigenvalue weighted by atomic mass is 10.0. The standard InChI is InChI=1S/C23H28FN3O/c1-17-7-5-10-21(13-17)27-16-19(15-26(4)12-11-23(2,3)28)22(25-27)18-8-6-9-20(24)14-18/h5-10,13-14,16,28H,11-12,15H2,1-4H3. The summed E-state index contributed by atoms with van der Waals surface area (Å²) in [6, 6.07) is 14.7. The fraction of sp³-hybridized carbons (Fsp3) is 0.348. The van der Waals surface area contributed by atoms with Crippen LogP contribution in [0, 0.1) is 12.7 Å². The molecule has 3 aromatic rings. The zero-order valence-corrected chi connectivity index (χ0v) is 17.0. The normalized spacial score (nSPS) is 12.0. The van der Waals surface area contributed by atoms with Crippen LogP contribution in [-0.4, -0.2) is 39.0 Å². The highest BCUT2D eigenvalue weighted by molar-refractivity contribution is 5.63. The minimum atomic E-state index is -0.703. The smallest absolute Gasteiger partial charge is 0.123 e. The van der Waals surface area contributed by atoms with Gasteiger partial charge in [0.2, 0.25) is 0 Å². The summed E-state index contributed by atoms with van der Waals surface area (Å²) in [4.78, 5) is 2.15. The number of benzene rings is 2. The molecular formula is C23H28FN3O. The number of hydrogen-bond donors (Lipinski definition) is 1. The molecule has 1 heterocycles. The van der Waals surface area contributed by atoms with Crippen molar-refractivity contribution in [2.45, 2.75) is 39.3 Å². The van der Waals surface area contributed by atoms with Crippen LogP contribution in [0.2, 0.25) is 0 Å². The zero-order chi connectivity index (χ0) is 20.3. The molecule has 0 atom stereocenters. The van der Waals surface area contributed by atoms with Gasteiger partial charge in [-0.3, -0.25) is 0 Å². The number of rotatable bonds is 7. The molecule has 0 aliphatic carbocycles. The first kappa shape index (κ1) is 20.2. The largest absolute Gasteiger partial charge is 0.390 e. The van der Waals surface area contributed by atoms with Gasteiger partial charge in [-0.25, -0.2) is 9.07 Å². The Morgan fingerprint density at radius 3 is 2.57 bits per heavy atom. The molecule has 5 heteroatoms. The molecule has 28 heavy (non-hydrogen) atoms. The van der Waals surface area contributed by atoms with Crippen molar-refractivity contribution in [1.29, 1.82) is 0 Å². The van der Waals surface area contributed by atoms with Gasteiger partial charge in [0.05, 0.1) is 17.0 Å². The van der Waals surface area contributed by atoms with Crippen molar-refractivity contribution in [3.63, 3.8) is 0 Å². The third-order valence-corrected chi connectivity index (χ3v) is 4.70. The van der Waals surface area contributed by atoms with E-state index >= 15 is 0 Å². The number of hydrogen-bond acceptors (Lipinski definition) is 3.